The first kappa shape index (κ1) is 9.73. The average Bonchev–Trinajstić information content (AvgIpc) is 2.60. The van der Waals surface area contributed by atoms with E-state index in [1.54, 1.807) is 0 Å². The van der Waals surface area contributed by atoms with Crippen LogP contribution in [0.1, 0.15) is 23.0 Å². The summed E-state index contributed by atoms with van der Waals surface area (Å²) in [6, 6.07) is 0.430. The maximum absolute atomic E-state index is 10.7. The quantitative estimate of drug-likeness (QED) is 0.840. The molecule has 0 amide bonds. The maximum Gasteiger partial charge on any atom is 0.349 e. The molecule has 6 heteroatoms. The Kier molecular flexibility index (Phi) is 2.36. The first-order valence-corrected chi connectivity index (χ1v) is 5.43. The monoisotopic (exact) mass is 232 g/mol. The highest BCUT2D eigenvalue weighted by Crippen LogP contribution is 2.35. The molecular weight excluding hydrogens is 224 g/mol. The van der Waals surface area contributed by atoms with E-state index in [0.717, 1.165) is 17.8 Å². The molecule has 76 valence electrons. The summed E-state index contributed by atoms with van der Waals surface area (Å²) in [4.78, 5) is 14.7. The van der Waals surface area contributed by atoms with E-state index in [0.29, 0.717) is 17.1 Å². The Morgan fingerprint density at radius 3 is 2.86 bits per heavy atom. The zero-order valence-corrected chi connectivity index (χ0v) is 9.02. The summed E-state index contributed by atoms with van der Waals surface area (Å²) < 4.78 is 0. The Morgan fingerprint density at radius 2 is 2.43 bits per heavy atom. The summed E-state index contributed by atoms with van der Waals surface area (Å²) in [7, 11) is 0. The molecule has 0 saturated heterocycles. The van der Waals surface area contributed by atoms with E-state index in [4.69, 9.17) is 16.7 Å². The van der Waals surface area contributed by atoms with Crippen LogP contribution in [-0.2, 0) is 0 Å². The molecule has 1 saturated carbocycles. The van der Waals surface area contributed by atoms with Gasteiger partial charge in [-0.05, 0) is 12.3 Å². The number of nitrogens with one attached hydrogen (secondary N) is 1. The second kappa shape index (κ2) is 3.40. The lowest BCUT2D eigenvalue weighted by molar-refractivity contribution is 0.0702. The third-order valence-corrected chi connectivity index (χ3v) is 3.56. The molecule has 0 aliphatic heterocycles. The third-order valence-electron chi connectivity index (χ3n) is 2.20. The normalized spacial score (nSPS) is 24.7. The number of aromatic carboxylic acids is 1. The maximum atomic E-state index is 10.7. The van der Waals surface area contributed by atoms with Crippen LogP contribution in [0.2, 0.25) is 5.15 Å². The highest BCUT2D eigenvalue weighted by molar-refractivity contribution is 7.18. The molecular formula is C8H9ClN2O2S. The van der Waals surface area contributed by atoms with Gasteiger partial charge >= 0.3 is 5.97 Å². The minimum Gasteiger partial charge on any atom is -0.477 e. The largest absolute Gasteiger partial charge is 0.477 e. The van der Waals surface area contributed by atoms with Gasteiger partial charge in [0.2, 0.25) is 0 Å². The molecule has 4 nitrogen and oxygen atoms in total. The SMILES string of the molecule is CC1CC1Nc1nc(Cl)c(C(=O)O)s1. The summed E-state index contributed by atoms with van der Waals surface area (Å²) in [5.41, 5.74) is 0. The second-order valence-electron chi connectivity index (χ2n) is 3.41. The first-order valence-electron chi connectivity index (χ1n) is 4.24. The molecule has 1 fully saturated rings. The molecule has 0 radical (unpaired) electrons. The van der Waals surface area contributed by atoms with Crippen LogP contribution in [0.4, 0.5) is 5.13 Å². The second-order valence-corrected chi connectivity index (χ2v) is 4.77. The van der Waals surface area contributed by atoms with Crippen LogP contribution in [-0.4, -0.2) is 22.1 Å². The number of aromatic nitrogens is 1. The number of hydrogen-bond donors (Lipinski definition) is 2. The molecule has 0 spiro atoms. The van der Waals surface area contributed by atoms with Gasteiger partial charge in [0, 0.05) is 6.04 Å². The van der Waals surface area contributed by atoms with Crippen LogP contribution in [0.5, 0.6) is 0 Å². The molecule has 1 aromatic heterocycles. The van der Waals surface area contributed by atoms with Gasteiger partial charge in [-0.1, -0.05) is 29.9 Å². The average molecular weight is 233 g/mol. The molecule has 2 atom stereocenters. The molecule has 0 aromatic carbocycles. The van der Waals surface area contributed by atoms with E-state index in [1.165, 1.54) is 0 Å². The van der Waals surface area contributed by atoms with Gasteiger partial charge in [-0.2, -0.15) is 0 Å². The molecule has 2 N–H and O–H groups in total. The fourth-order valence-electron chi connectivity index (χ4n) is 1.18. The van der Waals surface area contributed by atoms with Gasteiger partial charge in [-0.15, -0.1) is 0 Å². The number of halogens is 1. The van der Waals surface area contributed by atoms with Crippen molar-refractivity contribution in [3.8, 4) is 0 Å². The zero-order chi connectivity index (χ0) is 10.3. The van der Waals surface area contributed by atoms with Crippen LogP contribution in [0.15, 0.2) is 0 Å². The zero-order valence-electron chi connectivity index (χ0n) is 7.45. The van der Waals surface area contributed by atoms with E-state index < -0.39 is 5.97 Å². The molecule has 1 aliphatic carbocycles. The van der Waals surface area contributed by atoms with Gasteiger partial charge < -0.3 is 10.4 Å². The van der Waals surface area contributed by atoms with Crippen molar-refractivity contribution in [3.05, 3.63) is 10.0 Å². The number of carbonyl (C=O) groups is 1. The van der Waals surface area contributed by atoms with Crippen LogP contribution in [0, 0.1) is 5.92 Å². The molecule has 2 rings (SSSR count). The molecule has 2 unspecified atom stereocenters. The fraction of sp³-hybridized carbons (Fsp3) is 0.500. The summed E-state index contributed by atoms with van der Waals surface area (Å²) in [5, 5.41) is 12.5. The predicted molar refractivity (Wildman–Crippen MR) is 55.3 cm³/mol. The van der Waals surface area contributed by atoms with Crippen molar-refractivity contribution in [1.82, 2.24) is 4.98 Å². The minimum atomic E-state index is -1.02. The van der Waals surface area contributed by atoms with E-state index >= 15 is 0 Å². The number of nitrogens with zero attached hydrogens (tertiary/aromatic N) is 1. The fourth-order valence-corrected chi connectivity index (χ4v) is 2.27. The van der Waals surface area contributed by atoms with Gasteiger partial charge in [0.1, 0.15) is 0 Å². The lowest BCUT2D eigenvalue weighted by Gasteiger charge is -1.96. The van der Waals surface area contributed by atoms with Gasteiger partial charge in [0.15, 0.2) is 15.2 Å². The van der Waals surface area contributed by atoms with Gasteiger partial charge in [0.25, 0.3) is 0 Å². The highest BCUT2D eigenvalue weighted by atomic mass is 35.5. The van der Waals surface area contributed by atoms with Crippen LogP contribution in [0.3, 0.4) is 0 Å². The standard InChI is InChI=1S/C8H9ClN2O2S/c1-3-2-4(3)10-8-11-6(9)5(14-8)7(12)13/h3-4H,2H2,1H3,(H,10,11)(H,12,13). The third kappa shape index (κ3) is 1.83. The summed E-state index contributed by atoms with van der Waals surface area (Å²) in [5.74, 6) is -0.379. The molecule has 1 aliphatic rings. The Morgan fingerprint density at radius 1 is 1.79 bits per heavy atom. The van der Waals surface area contributed by atoms with Crippen molar-refractivity contribution in [2.45, 2.75) is 19.4 Å². The Labute approximate surface area is 89.9 Å². The minimum absolute atomic E-state index is 0.0679. The lowest BCUT2D eigenvalue weighted by Crippen LogP contribution is -2.02. The Balaban J connectivity index is 2.12. The van der Waals surface area contributed by atoms with Gasteiger partial charge in [-0.25, -0.2) is 9.78 Å². The van der Waals surface area contributed by atoms with Crippen molar-refractivity contribution in [2.75, 3.05) is 5.32 Å². The van der Waals surface area contributed by atoms with E-state index in [-0.39, 0.29) is 10.0 Å². The van der Waals surface area contributed by atoms with E-state index in [9.17, 15) is 4.79 Å². The van der Waals surface area contributed by atoms with E-state index in [2.05, 4.69) is 17.2 Å². The van der Waals surface area contributed by atoms with Crippen molar-refractivity contribution in [2.24, 2.45) is 5.92 Å². The van der Waals surface area contributed by atoms with Crippen molar-refractivity contribution >= 4 is 34.0 Å². The summed E-state index contributed by atoms with van der Waals surface area (Å²) in [6.07, 6.45) is 1.11. The van der Waals surface area contributed by atoms with Crippen molar-refractivity contribution in [1.29, 1.82) is 0 Å². The molecule has 0 bridgehead atoms. The Bertz CT molecular complexity index is 379. The van der Waals surface area contributed by atoms with Crippen LogP contribution in [0.25, 0.3) is 0 Å². The number of hydrogen-bond acceptors (Lipinski definition) is 4. The number of rotatable bonds is 3. The molecule has 1 heterocycles. The number of thiazole rings is 1. The summed E-state index contributed by atoms with van der Waals surface area (Å²) in [6.45, 7) is 2.13. The summed E-state index contributed by atoms with van der Waals surface area (Å²) >= 11 is 6.74. The molecule has 1 aromatic rings. The smallest absolute Gasteiger partial charge is 0.349 e. The van der Waals surface area contributed by atoms with Crippen molar-refractivity contribution < 1.29 is 9.90 Å². The van der Waals surface area contributed by atoms with Gasteiger partial charge in [0.05, 0.1) is 0 Å². The first-order chi connectivity index (χ1) is 6.58. The van der Waals surface area contributed by atoms with Gasteiger partial charge in [-0.3, -0.25) is 0 Å². The highest BCUT2D eigenvalue weighted by Gasteiger charge is 2.33. The van der Waals surface area contributed by atoms with E-state index in [1.807, 2.05) is 0 Å². The number of anilines is 1. The lowest BCUT2D eigenvalue weighted by atomic mass is 10.5. The number of carboxylic acids is 1. The van der Waals surface area contributed by atoms with Crippen molar-refractivity contribution in [3.63, 3.8) is 0 Å². The number of carboxylic acid groups (broad SMARTS) is 1. The predicted octanol–water partition coefficient (Wildman–Crippen LogP) is 2.31. The van der Waals surface area contributed by atoms with Crippen LogP contribution >= 0.6 is 22.9 Å². The topological polar surface area (TPSA) is 62.2 Å². The Hall–Kier alpha value is -0.810. The molecule has 14 heavy (non-hydrogen) atoms. The van der Waals surface area contributed by atoms with Crippen LogP contribution < -0.4 is 5.32 Å².